The van der Waals surface area contributed by atoms with Gasteiger partial charge in [-0.3, -0.25) is 0 Å². The van der Waals surface area contributed by atoms with Gasteiger partial charge < -0.3 is 5.32 Å². The van der Waals surface area contributed by atoms with Gasteiger partial charge in [0.1, 0.15) is 0 Å². The van der Waals surface area contributed by atoms with E-state index in [4.69, 9.17) is 23.2 Å². The summed E-state index contributed by atoms with van der Waals surface area (Å²) in [7, 11) is 0. The summed E-state index contributed by atoms with van der Waals surface area (Å²) in [5.41, 5.74) is 1.93. The molecule has 0 bridgehead atoms. The molecule has 0 aliphatic heterocycles. The molecule has 0 radical (unpaired) electrons. The molecule has 0 aliphatic rings. The molecule has 0 atom stereocenters. The highest BCUT2D eigenvalue weighted by Gasteiger charge is 2.03. The first-order valence-electron chi connectivity index (χ1n) is 4.92. The molecule has 1 aromatic carbocycles. The van der Waals surface area contributed by atoms with E-state index >= 15 is 0 Å². The number of benzene rings is 1. The Morgan fingerprint density at radius 3 is 2.67 bits per heavy atom. The summed E-state index contributed by atoms with van der Waals surface area (Å²) in [4.78, 5) is 0. The number of thioether (sulfide) groups is 1. The van der Waals surface area contributed by atoms with E-state index in [2.05, 4.69) is 12.2 Å². The van der Waals surface area contributed by atoms with Gasteiger partial charge in [-0.2, -0.15) is 11.8 Å². The Bertz CT molecular complexity index is 329. The third-order valence-corrected chi connectivity index (χ3v) is 3.64. The second kappa shape index (κ2) is 6.51. The standard InChI is InChI=1S/C11H15Cl2NS/c1-3-15-5-4-14-11-7-9(12)8(2)6-10(11)13/h6-7,14H,3-5H2,1-2H3. The molecule has 0 spiro atoms. The summed E-state index contributed by atoms with van der Waals surface area (Å²) in [6.45, 7) is 5.02. The van der Waals surface area contributed by atoms with E-state index in [0.29, 0.717) is 0 Å². The fourth-order valence-electron chi connectivity index (χ4n) is 1.18. The summed E-state index contributed by atoms with van der Waals surface area (Å²) in [5.74, 6) is 2.22. The lowest BCUT2D eigenvalue weighted by Gasteiger charge is -2.09. The van der Waals surface area contributed by atoms with E-state index in [1.165, 1.54) is 0 Å². The minimum Gasteiger partial charge on any atom is -0.383 e. The molecule has 0 fully saturated rings. The van der Waals surface area contributed by atoms with Crippen LogP contribution in [0, 0.1) is 6.92 Å². The number of halogens is 2. The maximum atomic E-state index is 6.09. The molecule has 0 saturated heterocycles. The summed E-state index contributed by atoms with van der Waals surface area (Å²) in [6, 6.07) is 3.77. The topological polar surface area (TPSA) is 12.0 Å². The van der Waals surface area contributed by atoms with Crippen molar-refractivity contribution in [3.63, 3.8) is 0 Å². The third kappa shape index (κ3) is 4.13. The fourth-order valence-corrected chi connectivity index (χ4v) is 2.17. The molecule has 15 heavy (non-hydrogen) atoms. The van der Waals surface area contributed by atoms with Gasteiger partial charge in [0.05, 0.1) is 10.7 Å². The van der Waals surface area contributed by atoms with E-state index in [1.807, 2.05) is 30.8 Å². The number of nitrogens with one attached hydrogen (secondary N) is 1. The summed E-state index contributed by atoms with van der Waals surface area (Å²) < 4.78 is 0. The van der Waals surface area contributed by atoms with Crippen molar-refractivity contribution >= 4 is 40.7 Å². The number of rotatable bonds is 5. The van der Waals surface area contributed by atoms with Crippen molar-refractivity contribution in [2.24, 2.45) is 0 Å². The zero-order valence-electron chi connectivity index (χ0n) is 8.94. The van der Waals surface area contributed by atoms with Crippen molar-refractivity contribution in [2.45, 2.75) is 13.8 Å². The molecule has 0 amide bonds. The predicted octanol–water partition coefficient (Wildman–Crippen LogP) is 4.47. The minimum atomic E-state index is 0.735. The Morgan fingerprint density at radius 2 is 2.00 bits per heavy atom. The van der Waals surface area contributed by atoms with Crippen LogP contribution in [-0.2, 0) is 0 Å². The molecule has 0 aliphatic carbocycles. The normalized spacial score (nSPS) is 10.4. The van der Waals surface area contributed by atoms with Crippen LogP contribution in [-0.4, -0.2) is 18.1 Å². The van der Waals surface area contributed by atoms with Crippen LogP contribution in [0.4, 0.5) is 5.69 Å². The van der Waals surface area contributed by atoms with E-state index in [0.717, 1.165) is 39.3 Å². The second-order valence-corrected chi connectivity index (χ2v) is 5.41. The quantitative estimate of drug-likeness (QED) is 0.787. The Labute approximate surface area is 106 Å². The first kappa shape index (κ1) is 13.0. The molecule has 1 aromatic rings. The van der Waals surface area contributed by atoms with Crippen LogP contribution in [0.3, 0.4) is 0 Å². The van der Waals surface area contributed by atoms with Crippen molar-refractivity contribution in [3.05, 3.63) is 27.7 Å². The van der Waals surface area contributed by atoms with E-state index in [9.17, 15) is 0 Å². The number of anilines is 1. The lowest BCUT2D eigenvalue weighted by atomic mass is 10.2. The smallest absolute Gasteiger partial charge is 0.0641 e. The summed E-state index contributed by atoms with van der Waals surface area (Å²) >= 11 is 14.0. The van der Waals surface area contributed by atoms with Crippen molar-refractivity contribution in [1.29, 1.82) is 0 Å². The number of aryl methyl sites for hydroxylation is 1. The van der Waals surface area contributed by atoms with Gasteiger partial charge in [0.2, 0.25) is 0 Å². The highest BCUT2D eigenvalue weighted by atomic mass is 35.5. The highest BCUT2D eigenvalue weighted by Crippen LogP contribution is 2.28. The SMILES string of the molecule is CCSCCNc1cc(Cl)c(C)cc1Cl. The van der Waals surface area contributed by atoms with Gasteiger partial charge in [-0.1, -0.05) is 30.1 Å². The third-order valence-electron chi connectivity index (χ3n) is 2.01. The van der Waals surface area contributed by atoms with Crippen LogP contribution in [0.25, 0.3) is 0 Å². The molecule has 4 heteroatoms. The largest absolute Gasteiger partial charge is 0.383 e. The summed E-state index contributed by atoms with van der Waals surface area (Å²) in [6.07, 6.45) is 0. The van der Waals surface area contributed by atoms with Crippen molar-refractivity contribution in [1.82, 2.24) is 0 Å². The summed E-state index contributed by atoms with van der Waals surface area (Å²) in [5, 5.41) is 4.77. The molecule has 0 aromatic heterocycles. The molecular formula is C11H15Cl2NS. The van der Waals surface area contributed by atoms with Crippen LogP contribution >= 0.6 is 35.0 Å². The van der Waals surface area contributed by atoms with Crippen molar-refractivity contribution in [2.75, 3.05) is 23.4 Å². The van der Waals surface area contributed by atoms with Crippen LogP contribution < -0.4 is 5.32 Å². The molecular weight excluding hydrogens is 249 g/mol. The van der Waals surface area contributed by atoms with Crippen LogP contribution in [0.15, 0.2) is 12.1 Å². The van der Waals surface area contributed by atoms with Gasteiger partial charge in [-0.25, -0.2) is 0 Å². The van der Waals surface area contributed by atoms with Gasteiger partial charge in [0.25, 0.3) is 0 Å². The maximum Gasteiger partial charge on any atom is 0.0641 e. The Hall–Kier alpha value is -0.0500. The van der Waals surface area contributed by atoms with Crippen LogP contribution in [0.5, 0.6) is 0 Å². The monoisotopic (exact) mass is 263 g/mol. The average Bonchev–Trinajstić information content (AvgIpc) is 2.20. The van der Waals surface area contributed by atoms with Gasteiger partial charge >= 0.3 is 0 Å². The van der Waals surface area contributed by atoms with E-state index in [-0.39, 0.29) is 0 Å². The maximum absolute atomic E-state index is 6.09. The van der Waals surface area contributed by atoms with E-state index in [1.54, 1.807) is 0 Å². The number of hydrogen-bond acceptors (Lipinski definition) is 2. The van der Waals surface area contributed by atoms with Gasteiger partial charge in [-0.05, 0) is 30.4 Å². The molecule has 0 unspecified atom stereocenters. The molecule has 0 saturated carbocycles. The fraction of sp³-hybridized carbons (Fsp3) is 0.455. The molecule has 1 nitrogen and oxygen atoms in total. The second-order valence-electron chi connectivity index (χ2n) is 3.20. The van der Waals surface area contributed by atoms with Gasteiger partial charge in [-0.15, -0.1) is 0 Å². The van der Waals surface area contributed by atoms with Crippen molar-refractivity contribution in [3.8, 4) is 0 Å². The minimum absolute atomic E-state index is 0.735. The Kier molecular flexibility index (Phi) is 5.65. The van der Waals surface area contributed by atoms with Crippen molar-refractivity contribution < 1.29 is 0 Å². The Balaban J connectivity index is 2.57. The average molecular weight is 264 g/mol. The molecule has 1 N–H and O–H groups in total. The number of hydrogen-bond donors (Lipinski definition) is 1. The molecule has 84 valence electrons. The first-order valence-corrected chi connectivity index (χ1v) is 6.83. The van der Waals surface area contributed by atoms with Gasteiger partial charge in [0, 0.05) is 17.3 Å². The zero-order valence-corrected chi connectivity index (χ0v) is 11.3. The first-order chi connectivity index (χ1) is 7.15. The predicted molar refractivity (Wildman–Crippen MR) is 72.7 cm³/mol. The molecule has 0 heterocycles. The highest BCUT2D eigenvalue weighted by molar-refractivity contribution is 7.99. The molecule has 1 rings (SSSR count). The lowest BCUT2D eigenvalue weighted by molar-refractivity contribution is 1.22. The zero-order chi connectivity index (χ0) is 11.3. The lowest BCUT2D eigenvalue weighted by Crippen LogP contribution is -2.04. The Morgan fingerprint density at radius 1 is 1.27 bits per heavy atom. The van der Waals surface area contributed by atoms with E-state index < -0.39 is 0 Å². The van der Waals surface area contributed by atoms with Crippen LogP contribution in [0.2, 0.25) is 10.0 Å². The van der Waals surface area contributed by atoms with Crippen LogP contribution in [0.1, 0.15) is 12.5 Å². The van der Waals surface area contributed by atoms with Gasteiger partial charge in [0.15, 0.2) is 0 Å².